The van der Waals surface area contributed by atoms with Crippen LogP contribution in [0.4, 0.5) is 5.69 Å². The third-order valence-electron chi connectivity index (χ3n) is 4.57. The highest BCUT2D eigenvalue weighted by Crippen LogP contribution is 2.20. The smallest absolute Gasteiger partial charge is 0.259 e. The molecular formula is C25H23N3O3. The summed E-state index contributed by atoms with van der Waals surface area (Å²) in [6.45, 7) is 1.35. The summed E-state index contributed by atoms with van der Waals surface area (Å²) < 4.78 is 13.3. The van der Waals surface area contributed by atoms with Crippen molar-refractivity contribution in [3.63, 3.8) is 0 Å². The van der Waals surface area contributed by atoms with Gasteiger partial charge in [0.15, 0.2) is 0 Å². The van der Waals surface area contributed by atoms with E-state index in [2.05, 4.69) is 10.4 Å². The number of ether oxygens (including phenoxy) is 2. The number of nitrogens with one attached hydrogen (secondary N) is 1. The van der Waals surface area contributed by atoms with Crippen LogP contribution >= 0.6 is 0 Å². The molecule has 0 fully saturated rings. The highest BCUT2D eigenvalue weighted by molar-refractivity contribution is 6.06. The van der Waals surface area contributed by atoms with Crippen molar-refractivity contribution >= 4 is 11.6 Å². The van der Waals surface area contributed by atoms with Gasteiger partial charge in [0.2, 0.25) is 0 Å². The summed E-state index contributed by atoms with van der Waals surface area (Å²) >= 11 is 0. The molecule has 1 N–H and O–H groups in total. The Morgan fingerprint density at radius 1 is 0.871 bits per heavy atom. The number of anilines is 1. The van der Waals surface area contributed by atoms with Crippen LogP contribution in [0.5, 0.6) is 11.5 Å². The molecule has 0 aliphatic rings. The molecule has 1 heterocycles. The fourth-order valence-electron chi connectivity index (χ4n) is 3.13. The molecule has 4 aromatic rings. The van der Waals surface area contributed by atoms with Gasteiger partial charge >= 0.3 is 0 Å². The molecule has 0 aliphatic carbocycles. The number of para-hydroxylation sites is 2. The third kappa shape index (κ3) is 5.73. The molecule has 0 saturated heterocycles. The topological polar surface area (TPSA) is 65.4 Å². The standard InChI is InChI=1S/C25H23N3O3/c29-25(27-21-9-6-8-20(18-21)19-28-15-7-14-26-28)23-12-4-5-13-24(23)31-17-16-30-22-10-2-1-3-11-22/h1-15,18H,16-17,19H2,(H,27,29). The summed E-state index contributed by atoms with van der Waals surface area (Å²) in [4.78, 5) is 12.9. The van der Waals surface area contributed by atoms with Crippen molar-refractivity contribution in [3.05, 3.63) is 108 Å². The second kappa shape index (κ2) is 10.1. The van der Waals surface area contributed by atoms with Crippen molar-refractivity contribution < 1.29 is 14.3 Å². The Kier molecular flexibility index (Phi) is 6.60. The van der Waals surface area contributed by atoms with E-state index in [-0.39, 0.29) is 5.91 Å². The van der Waals surface area contributed by atoms with Gasteiger partial charge in [0, 0.05) is 18.1 Å². The number of hydrogen-bond donors (Lipinski definition) is 1. The van der Waals surface area contributed by atoms with E-state index in [1.54, 1.807) is 18.3 Å². The molecule has 0 saturated carbocycles. The summed E-state index contributed by atoms with van der Waals surface area (Å²) in [6.07, 6.45) is 3.65. The lowest BCUT2D eigenvalue weighted by atomic mass is 10.1. The second-order valence-corrected chi connectivity index (χ2v) is 6.86. The van der Waals surface area contributed by atoms with Gasteiger partial charge in [0.1, 0.15) is 24.7 Å². The van der Waals surface area contributed by atoms with Gasteiger partial charge in [0.25, 0.3) is 5.91 Å². The van der Waals surface area contributed by atoms with Crippen molar-refractivity contribution in [2.45, 2.75) is 6.54 Å². The Balaban J connectivity index is 1.36. The van der Waals surface area contributed by atoms with Gasteiger partial charge in [-0.05, 0) is 48.0 Å². The molecular weight excluding hydrogens is 390 g/mol. The van der Waals surface area contributed by atoms with Gasteiger partial charge < -0.3 is 14.8 Å². The Labute approximate surface area is 181 Å². The minimum atomic E-state index is -0.226. The zero-order valence-corrected chi connectivity index (χ0v) is 17.0. The van der Waals surface area contributed by atoms with Crippen LogP contribution in [0, 0.1) is 0 Å². The van der Waals surface area contributed by atoms with Gasteiger partial charge in [-0.15, -0.1) is 0 Å². The van der Waals surface area contributed by atoms with E-state index >= 15 is 0 Å². The Hall–Kier alpha value is -4.06. The van der Waals surface area contributed by atoms with Gasteiger partial charge in [-0.2, -0.15) is 5.10 Å². The first-order chi connectivity index (χ1) is 15.3. The fourth-order valence-corrected chi connectivity index (χ4v) is 3.13. The number of amides is 1. The number of carbonyl (C=O) groups excluding carboxylic acids is 1. The lowest BCUT2D eigenvalue weighted by Gasteiger charge is -2.13. The van der Waals surface area contributed by atoms with Crippen molar-refractivity contribution in [1.82, 2.24) is 9.78 Å². The van der Waals surface area contributed by atoms with Crippen molar-refractivity contribution in [1.29, 1.82) is 0 Å². The summed E-state index contributed by atoms with van der Waals surface area (Å²) in [7, 11) is 0. The maximum atomic E-state index is 12.9. The number of nitrogens with zero attached hydrogens (tertiary/aromatic N) is 2. The highest BCUT2D eigenvalue weighted by Gasteiger charge is 2.13. The number of benzene rings is 3. The van der Waals surface area contributed by atoms with Crippen LogP contribution in [-0.4, -0.2) is 28.9 Å². The molecule has 3 aromatic carbocycles. The zero-order chi connectivity index (χ0) is 21.3. The van der Waals surface area contributed by atoms with E-state index < -0.39 is 0 Å². The SMILES string of the molecule is O=C(Nc1cccc(Cn2cccn2)c1)c1ccccc1OCCOc1ccccc1. The lowest BCUT2D eigenvalue weighted by Crippen LogP contribution is -2.16. The molecule has 0 atom stereocenters. The van der Waals surface area contributed by atoms with Crippen LogP contribution in [0.2, 0.25) is 0 Å². The Bertz CT molecular complexity index is 1110. The van der Waals surface area contributed by atoms with Crippen LogP contribution < -0.4 is 14.8 Å². The third-order valence-corrected chi connectivity index (χ3v) is 4.57. The van der Waals surface area contributed by atoms with Crippen molar-refractivity contribution in [2.75, 3.05) is 18.5 Å². The molecule has 6 heteroatoms. The molecule has 4 rings (SSSR count). The molecule has 0 spiro atoms. The zero-order valence-electron chi connectivity index (χ0n) is 17.0. The van der Waals surface area contributed by atoms with Gasteiger partial charge in [-0.3, -0.25) is 9.48 Å². The average Bonchev–Trinajstić information content (AvgIpc) is 3.31. The fraction of sp³-hybridized carbons (Fsp3) is 0.120. The number of hydrogen-bond acceptors (Lipinski definition) is 4. The van der Waals surface area contributed by atoms with E-state index in [0.717, 1.165) is 17.0 Å². The summed E-state index contributed by atoms with van der Waals surface area (Å²) in [5.74, 6) is 1.08. The largest absolute Gasteiger partial charge is 0.490 e. The molecule has 0 radical (unpaired) electrons. The van der Waals surface area contributed by atoms with Crippen LogP contribution in [0.15, 0.2) is 97.3 Å². The predicted octanol–water partition coefficient (Wildman–Crippen LogP) is 4.64. The molecule has 0 bridgehead atoms. The van der Waals surface area contributed by atoms with Gasteiger partial charge in [0.05, 0.1) is 12.1 Å². The minimum absolute atomic E-state index is 0.226. The number of rotatable bonds is 9. The summed E-state index contributed by atoms with van der Waals surface area (Å²) in [6, 6.07) is 26.3. The molecule has 156 valence electrons. The second-order valence-electron chi connectivity index (χ2n) is 6.86. The van der Waals surface area contributed by atoms with Gasteiger partial charge in [-0.25, -0.2) is 0 Å². The van der Waals surface area contributed by atoms with Crippen LogP contribution in [-0.2, 0) is 6.54 Å². The highest BCUT2D eigenvalue weighted by atomic mass is 16.5. The van der Waals surface area contributed by atoms with Crippen molar-refractivity contribution in [2.24, 2.45) is 0 Å². The summed E-state index contributed by atoms with van der Waals surface area (Å²) in [5, 5.41) is 7.17. The first kappa shape index (κ1) is 20.2. The first-order valence-corrected chi connectivity index (χ1v) is 10.1. The van der Waals surface area contributed by atoms with Crippen molar-refractivity contribution in [3.8, 4) is 11.5 Å². The Morgan fingerprint density at radius 2 is 1.68 bits per heavy atom. The lowest BCUT2D eigenvalue weighted by molar-refractivity contribution is 0.102. The molecule has 6 nitrogen and oxygen atoms in total. The Morgan fingerprint density at radius 3 is 2.52 bits per heavy atom. The van der Waals surface area contributed by atoms with E-state index in [0.29, 0.717) is 31.1 Å². The monoisotopic (exact) mass is 413 g/mol. The normalized spacial score (nSPS) is 10.5. The average molecular weight is 413 g/mol. The van der Waals surface area contributed by atoms with E-state index in [1.165, 1.54) is 0 Å². The quantitative estimate of drug-likeness (QED) is 0.406. The van der Waals surface area contributed by atoms with Crippen LogP contribution in [0.1, 0.15) is 15.9 Å². The van der Waals surface area contributed by atoms with E-state index in [9.17, 15) is 4.79 Å². The molecule has 1 aromatic heterocycles. The van der Waals surface area contributed by atoms with Gasteiger partial charge in [-0.1, -0.05) is 42.5 Å². The number of carbonyl (C=O) groups is 1. The molecule has 1 amide bonds. The molecule has 0 aliphatic heterocycles. The number of aromatic nitrogens is 2. The summed E-state index contributed by atoms with van der Waals surface area (Å²) in [5.41, 5.74) is 2.24. The predicted molar refractivity (Wildman–Crippen MR) is 120 cm³/mol. The minimum Gasteiger partial charge on any atom is -0.490 e. The van der Waals surface area contributed by atoms with E-state index in [4.69, 9.17) is 9.47 Å². The van der Waals surface area contributed by atoms with E-state index in [1.807, 2.05) is 83.7 Å². The first-order valence-electron chi connectivity index (χ1n) is 10.1. The van der Waals surface area contributed by atoms with Crippen LogP contribution in [0.3, 0.4) is 0 Å². The molecule has 0 unspecified atom stereocenters. The maximum absolute atomic E-state index is 12.9. The maximum Gasteiger partial charge on any atom is 0.259 e. The molecule has 31 heavy (non-hydrogen) atoms. The van der Waals surface area contributed by atoms with Crippen LogP contribution in [0.25, 0.3) is 0 Å².